The second-order valence-electron chi connectivity index (χ2n) is 5.99. The Balaban J connectivity index is 2.22. The highest BCUT2D eigenvalue weighted by molar-refractivity contribution is 5.14. The summed E-state index contributed by atoms with van der Waals surface area (Å²) in [6.45, 7) is 7.30. The maximum absolute atomic E-state index is 6.05. The van der Waals surface area contributed by atoms with Gasteiger partial charge in [-0.2, -0.15) is 0 Å². The number of rotatable bonds is 4. The fraction of sp³-hybridized carbons (Fsp3) is 0.733. The molecule has 1 fully saturated rings. The first-order valence-electron chi connectivity index (χ1n) is 7.48. The molecule has 2 heterocycles. The lowest BCUT2D eigenvalue weighted by Crippen LogP contribution is -2.45. The molecule has 0 amide bonds. The van der Waals surface area contributed by atoms with E-state index in [1.165, 1.54) is 0 Å². The normalized spacial score (nSPS) is 22.9. The maximum atomic E-state index is 6.05. The van der Waals surface area contributed by atoms with Gasteiger partial charge in [-0.1, -0.05) is 6.92 Å². The number of hydrogen-bond donors (Lipinski definition) is 1. The highest BCUT2D eigenvalue weighted by atomic mass is 15.3. The van der Waals surface area contributed by atoms with Crippen LogP contribution in [0.3, 0.4) is 0 Å². The predicted molar refractivity (Wildman–Crippen MR) is 81.6 cm³/mol. The van der Waals surface area contributed by atoms with Crippen molar-refractivity contribution in [3.8, 4) is 0 Å². The molecule has 1 aromatic heterocycles. The zero-order chi connectivity index (χ0) is 14.7. The third kappa shape index (κ3) is 3.75. The lowest BCUT2D eigenvalue weighted by Gasteiger charge is -2.36. The van der Waals surface area contributed by atoms with Crippen LogP contribution in [-0.4, -0.2) is 59.5 Å². The molecule has 0 bridgehead atoms. The number of hydrogen-bond acceptors (Lipinski definition) is 5. The standard InChI is InChI=1S/C15H27N5/c1-5-12(16)9-13-8-11(2)17-15(18-13)14-10-19(3)6-7-20(14)4/h8,12,14H,5-7,9-10,16H2,1-4H3. The van der Waals surface area contributed by atoms with E-state index in [4.69, 9.17) is 10.7 Å². The molecule has 2 N–H and O–H groups in total. The number of nitrogens with zero attached hydrogens (tertiary/aromatic N) is 4. The molecule has 20 heavy (non-hydrogen) atoms. The van der Waals surface area contributed by atoms with E-state index in [9.17, 15) is 0 Å². The molecule has 0 radical (unpaired) electrons. The van der Waals surface area contributed by atoms with Crippen LogP contribution in [0, 0.1) is 6.92 Å². The molecule has 5 heteroatoms. The van der Waals surface area contributed by atoms with Gasteiger partial charge in [-0.05, 0) is 33.5 Å². The summed E-state index contributed by atoms with van der Waals surface area (Å²) in [5.41, 5.74) is 8.16. The Hall–Kier alpha value is -1.04. The molecule has 2 rings (SSSR count). The number of aryl methyl sites for hydroxylation is 1. The van der Waals surface area contributed by atoms with Crippen molar-refractivity contribution in [2.45, 2.75) is 38.8 Å². The molecule has 0 aromatic carbocycles. The van der Waals surface area contributed by atoms with Crippen molar-refractivity contribution in [3.05, 3.63) is 23.3 Å². The van der Waals surface area contributed by atoms with Gasteiger partial charge >= 0.3 is 0 Å². The van der Waals surface area contributed by atoms with E-state index in [1.807, 2.05) is 6.92 Å². The first-order chi connectivity index (χ1) is 9.49. The van der Waals surface area contributed by atoms with Gasteiger partial charge in [0.1, 0.15) is 5.82 Å². The minimum atomic E-state index is 0.184. The smallest absolute Gasteiger partial charge is 0.147 e. The van der Waals surface area contributed by atoms with E-state index in [-0.39, 0.29) is 12.1 Å². The van der Waals surface area contributed by atoms with Crippen molar-refractivity contribution in [1.29, 1.82) is 0 Å². The quantitative estimate of drug-likeness (QED) is 0.889. The van der Waals surface area contributed by atoms with E-state index in [0.717, 1.165) is 49.7 Å². The van der Waals surface area contributed by atoms with Gasteiger partial charge in [-0.25, -0.2) is 9.97 Å². The molecular weight excluding hydrogens is 250 g/mol. The van der Waals surface area contributed by atoms with E-state index in [2.05, 4.69) is 41.9 Å². The molecule has 0 saturated carbocycles. The van der Waals surface area contributed by atoms with Gasteiger partial charge in [0.2, 0.25) is 0 Å². The average Bonchev–Trinajstić information content (AvgIpc) is 2.40. The van der Waals surface area contributed by atoms with Crippen molar-refractivity contribution in [2.75, 3.05) is 33.7 Å². The first kappa shape index (κ1) is 15.4. The second kappa shape index (κ2) is 6.61. The Morgan fingerprint density at radius 3 is 2.80 bits per heavy atom. The number of nitrogens with two attached hydrogens (primary N) is 1. The monoisotopic (exact) mass is 277 g/mol. The van der Waals surface area contributed by atoms with Gasteiger partial charge < -0.3 is 10.6 Å². The third-order valence-corrected chi connectivity index (χ3v) is 4.07. The Kier molecular flexibility index (Phi) is 5.07. The third-order valence-electron chi connectivity index (χ3n) is 4.07. The summed E-state index contributed by atoms with van der Waals surface area (Å²) < 4.78 is 0. The first-order valence-corrected chi connectivity index (χ1v) is 7.48. The van der Waals surface area contributed by atoms with Crippen LogP contribution in [-0.2, 0) is 6.42 Å². The summed E-state index contributed by atoms with van der Waals surface area (Å²) in [7, 11) is 4.31. The van der Waals surface area contributed by atoms with Crippen LogP contribution in [0.2, 0.25) is 0 Å². The van der Waals surface area contributed by atoms with Crippen molar-refractivity contribution in [3.63, 3.8) is 0 Å². The lowest BCUT2D eigenvalue weighted by molar-refractivity contribution is 0.109. The van der Waals surface area contributed by atoms with Gasteiger partial charge in [0.25, 0.3) is 0 Å². The summed E-state index contributed by atoms with van der Waals surface area (Å²) >= 11 is 0. The van der Waals surface area contributed by atoms with Crippen LogP contribution >= 0.6 is 0 Å². The van der Waals surface area contributed by atoms with Crippen LogP contribution in [0.4, 0.5) is 0 Å². The van der Waals surface area contributed by atoms with Gasteiger partial charge in [0, 0.05) is 43.5 Å². The molecule has 1 aliphatic rings. The largest absolute Gasteiger partial charge is 0.327 e. The molecule has 1 aromatic rings. The van der Waals surface area contributed by atoms with E-state index < -0.39 is 0 Å². The Morgan fingerprint density at radius 2 is 2.10 bits per heavy atom. The van der Waals surface area contributed by atoms with Crippen LogP contribution < -0.4 is 5.73 Å². The van der Waals surface area contributed by atoms with Crippen LogP contribution in [0.1, 0.15) is 36.6 Å². The van der Waals surface area contributed by atoms with Crippen molar-refractivity contribution >= 4 is 0 Å². The van der Waals surface area contributed by atoms with Crippen molar-refractivity contribution in [1.82, 2.24) is 19.8 Å². The Bertz CT molecular complexity index is 448. The molecule has 0 aliphatic carbocycles. The number of likely N-dealkylation sites (N-methyl/N-ethyl adjacent to an activating group) is 2. The number of aromatic nitrogens is 2. The fourth-order valence-electron chi connectivity index (χ4n) is 2.61. The van der Waals surface area contributed by atoms with Gasteiger partial charge in [-0.3, -0.25) is 4.90 Å². The molecule has 1 aliphatic heterocycles. The topological polar surface area (TPSA) is 58.3 Å². The van der Waals surface area contributed by atoms with E-state index in [0.29, 0.717) is 0 Å². The van der Waals surface area contributed by atoms with E-state index in [1.54, 1.807) is 0 Å². The molecule has 2 unspecified atom stereocenters. The summed E-state index contributed by atoms with van der Waals surface area (Å²) in [6, 6.07) is 2.53. The highest BCUT2D eigenvalue weighted by Crippen LogP contribution is 2.21. The molecule has 112 valence electrons. The molecular formula is C15H27N5. The van der Waals surface area contributed by atoms with Crippen LogP contribution in [0.15, 0.2) is 6.07 Å². The van der Waals surface area contributed by atoms with Crippen LogP contribution in [0.5, 0.6) is 0 Å². The number of piperazine rings is 1. The minimum Gasteiger partial charge on any atom is -0.327 e. The molecule has 1 saturated heterocycles. The van der Waals surface area contributed by atoms with Crippen molar-refractivity contribution < 1.29 is 0 Å². The summed E-state index contributed by atoms with van der Waals surface area (Å²) in [6.07, 6.45) is 1.81. The second-order valence-corrected chi connectivity index (χ2v) is 5.99. The van der Waals surface area contributed by atoms with Gasteiger partial charge in [0.15, 0.2) is 0 Å². The maximum Gasteiger partial charge on any atom is 0.147 e. The zero-order valence-corrected chi connectivity index (χ0v) is 13.1. The summed E-state index contributed by atoms with van der Waals surface area (Å²) in [5.74, 6) is 0.942. The fourth-order valence-corrected chi connectivity index (χ4v) is 2.61. The zero-order valence-electron chi connectivity index (χ0n) is 13.1. The summed E-state index contributed by atoms with van der Waals surface area (Å²) in [4.78, 5) is 14.1. The summed E-state index contributed by atoms with van der Waals surface area (Å²) in [5, 5.41) is 0. The highest BCUT2D eigenvalue weighted by Gasteiger charge is 2.26. The minimum absolute atomic E-state index is 0.184. The van der Waals surface area contributed by atoms with Gasteiger partial charge in [-0.15, -0.1) is 0 Å². The predicted octanol–water partition coefficient (Wildman–Crippen LogP) is 0.983. The van der Waals surface area contributed by atoms with Crippen molar-refractivity contribution in [2.24, 2.45) is 5.73 Å². The molecule has 2 atom stereocenters. The SMILES string of the molecule is CCC(N)Cc1cc(C)nc(C2CN(C)CCN2C)n1. The average molecular weight is 277 g/mol. The van der Waals surface area contributed by atoms with Gasteiger partial charge in [0.05, 0.1) is 6.04 Å². The Labute approximate surface area is 122 Å². The van der Waals surface area contributed by atoms with E-state index >= 15 is 0 Å². The lowest BCUT2D eigenvalue weighted by atomic mass is 10.1. The Morgan fingerprint density at radius 1 is 1.35 bits per heavy atom. The van der Waals surface area contributed by atoms with Crippen LogP contribution in [0.25, 0.3) is 0 Å². The molecule has 0 spiro atoms. The molecule has 5 nitrogen and oxygen atoms in total.